The average Bonchev–Trinajstić information content (AvgIpc) is 2.26. The zero-order valence-corrected chi connectivity index (χ0v) is 11.4. The largest absolute Gasteiger partial charge is 0.354 e. The summed E-state index contributed by atoms with van der Waals surface area (Å²) in [5.74, 6) is 1.62. The number of hydrogen-bond donors (Lipinski definition) is 0. The molecule has 0 fully saturated rings. The van der Waals surface area contributed by atoms with Crippen LogP contribution in [0.5, 0.6) is 0 Å². The SMILES string of the molecule is CCCN(c1ncc(CCl)cc1C)C(C)C. The van der Waals surface area contributed by atoms with Gasteiger partial charge in [-0.05, 0) is 44.4 Å². The van der Waals surface area contributed by atoms with Gasteiger partial charge in [0.2, 0.25) is 0 Å². The number of hydrogen-bond acceptors (Lipinski definition) is 2. The Kier molecular flexibility index (Phi) is 5.07. The summed E-state index contributed by atoms with van der Waals surface area (Å²) in [6.07, 6.45) is 3.01. The third-order valence-corrected chi connectivity index (χ3v) is 2.93. The monoisotopic (exact) mass is 240 g/mol. The minimum atomic E-state index is 0.480. The van der Waals surface area contributed by atoms with E-state index in [1.807, 2.05) is 6.20 Å². The summed E-state index contributed by atoms with van der Waals surface area (Å²) in [6.45, 7) is 9.74. The molecule has 0 aliphatic heterocycles. The molecule has 1 rings (SSSR count). The summed E-state index contributed by atoms with van der Waals surface area (Å²) in [7, 11) is 0. The van der Waals surface area contributed by atoms with Gasteiger partial charge in [0.05, 0.1) is 0 Å². The molecule has 0 amide bonds. The molecule has 0 bridgehead atoms. The molecule has 0 spiro atoms. The van der Waals surface area contributed by atoms with Gasteiger partial charge in [0.25, 0.3) is 0 Å². The molecule has 1 aromatic heterocycles. The quantitative estimate of drug-likeness (QED) is 0.729. The van der Waals surface area contributed by atoms with Crippen LogP contribution in [0.3, 0.4) is 0 Å². The first kappa shape index (κ1) is 13.3. The highest BCUT2D eigenvalue weighted by atomic mass is 35.5. The highest BCUT2D eigenvalue weighted by Crippen LogP contribution is 2.21. The molecular formula is C13H21ClN2. The van der Waals surface area contributed by atoms with Gasteiger partial charge in [-0.25, -0.2) is 4.98 Å². The number of aryl methyl sites for hydroxylation is 1. The van der Waals surface area contributed by atoms with Gasteiger partial charge < -0.3 is 4.90 Å². The number of alkyl halides is 1. The zero-order chi connectivity index (χ0) is 12.1. The normalized spacial score (nSPS) is 10.9. The summed E-state index contributed by atoms with van der Waals surface area (Å²) in [5, 5.41) is 0. The first-order valence-electron chi connectivity index (χ1n) is 5.88. The molecule has 0 saturated carbocycles. The van der Waals surface area contributed by atoms with E-state index in [9.17, 15) is 0 Å². The van der Waals surface area contributed by atoms with E-state index in [2.05, 4.69) is 43.6 Å². The minimum absolute atomic E-state index is 0.480. The Morgan fingerprint density at radius 3 is 2.56 bits per heavy atom. The van der Waals surface area contributed by atoms with Gasteiger partial charge in [0.1, 0.15) is 5.82 Å². The summed E-state index contributed by atoms with van der Waals surface area (Å²) < 4.78 is 0. The van der Waals surface area contributed by atoms with Crippen LogP contribution in [0.25, 0.3) is 0 Å². The lowest BCUT2D eigenvalue weighted by Crippen LogP contribution is -2.32. The zero-order valence-electron chi connectivity index (χ0n) is 10.6. The highest BCUT2D eigenvalue weighted by molar-refractivity contribution is 6.17. The van der Waals surface area contributed by atoms with Gasteiger partial charge in [0.15, 0.2) is 0 Å². The van der Waals surface area contributed by atoms with Gasteiger partial charge in [-0.3, -0.25) is 0 Å². The van der Waals surface area contributed by atoms with E-state index in [0.29, 0.717) is 11.9 Å². The van der Waals surface area contributed by atoms with Crippen LogP contribution in [0, 0.1) is 6.92 Å². The topological polar surface area (TPSA) is 16.1 Å². The molecule has 2 nitrogen and oxygen atoms in total. The van der Waals surface area contributed by atoms with Gasteiger partial charge in [-0.1, -0.05) is 6.92 Å². The molecule has 1 heterocycles. The maximum atomic E-state index is 5.80. The predicted octanol–water partition coefficient (Wildman–Crippen LogP) is 3.75. The van der Waals surface area contributed by atoms with E-state index in [1.54, 1.807) is 0 Å². The second kappa shape index (κ2) is 6.09. The van der Waals surface area contributed by atoms with Crippen molar-refractivity contribution in [1.29, 1.82) is 0 Å². The Labute approximate surface area is 104 Å². The van der Waals surface area contributed by atoms with Crippen LogP contribution in [0.15, 0.2) is 12.3 Å². The molecular weight excluding hydrogens is 220 g/mol. The molecule has 0 aromatic carbocycles. The van der Waals surface area contributed by atoms with Crippen molar-refractivity contribution in [1.82, 2.24) is 4.98 Å². The number of halogens is 1. The Morgan fingerprint density at radius 1 is 1.44 bits per heavy atom. The number of anilines is 1. The van der Waals surface area contributed by atoms with Crippen molar-refractivity contribution in [2.45, 2.75) is 46.0 Å². The Balaban J connectivity index is 3.00. The molecule has 1 aromatic rings. The van der Waals surface area contributed by atoms with E-state index in [-0.39, 0.29) is 0 Å². The maximum Gasteiger partial charge on any atom is 0.131 e. The molecule has 0 N–H and O–H groups in total. The third kappa shape index (κ3) is 3.11. The number of pyridine rings is 1. The second-order valence-corrected chi connectivity index (χ2v) is 4.67. The second-order valence-electron chi connectivity index (χ2n) is 4.40. The van der Waals surface area contributed by atoms with Crippen LogP contribution in [-0.4, -0.2) is 17.6 Å². The molecule has 90 valence electrons. The highest BCUT2D eigenvalue weighted by Gasteiger charge is 2.13. The molecule has 0 aliphatic carbocycles. The van der Waals surface area contributed by atoms with Crippen molar-refractivity contribution in [3.05, 3.63) is 23.4 Å². The lowest BCUT2D eigenvalue weighted by atomic mass is 10.2. The number of nitrogens with zero attached hydrogens (tertiary/aromatic N) is 2. The first-order valence-corrected chi connectivity index (χ1v) is 6.41. The molecule has 0 aliphatic rings. The standard InChI is InChI=1S/C13H21ClN2/c1-5-6-16(10(2)3)13-11(4)7-12(8-14)9-15-13/h7,9-10H,5-6,8H2,1-4H3. The molecule has 16 heavy (non-hydrogen) atoms. The summed E-state index contributed by atoms with van der Waals surface area (Å²) >= 11 is 5.80. The molecule has 3 heteroatoms. The van der Waals surface area contributed by atoms with Gasteiger partial charge >= 0.3 is 0 Å². The van der Waals surface area contributed by atoms with Crippen LogP contribution < -0.4 is 4.90 Å². The Bertz CT molecular complexity index is 337. The Hall–Kier alpha value is -0.760. The smallest absolute Gasteiger partial charge is 0.131 e. The summed E-state index contributed by atoms with van der Waals surface area (Å²) in [4.78, 5) is 6.87. The Morgan fingerprint density at radius 2 is 2.12 bits per heavy atom. The van der Waals surface area contributed by atoms with E-state index < -0.39 is 0 Å². The van der Waals surface area contributed by atoms with E-state index in [4.69, 9.17) is 11.6 Å². The molecule has 0 radical (unpaired) electrons. The molecule has 0 saturated heterocycles. The lowest BCUT2D eigenvalue weighted by Gasteiger charge is -2.29. The first-order chi connectivity index (χ1) is 7.60. The number of aromatic nitrogens is 1. The fourth-order valence-electron chi connectivity index (χ4n) is 1.85. The van der Waals surface area contributed by atoms with Gasteiger partial charge in [0, 0.05) is 24.7 Å². The van der Waals surface area contributed by atoms with Crippen molar-refractivity contribution in [2.75, 3.05) is 11.4 Å². The lowest BCUT2D eigenvalue weighted by molar-refractivity contribution is 0.660. The van der Waals surface area contributed by atoms with Crippen molar-refractivity contribution < 1.29 is 0 Å². The fraction of sp³-hybridized carbons (Fsp3) is 0.615. The van der Waals surface area contributed by atoms with Crippen molar-refractivity contribution in [2.24, 2.45) is 0 Å². The fourth-order valence-corrected chi connectivity index (χ4v) is 2.00. The van der Waals surface area contributed by atoms with Crippen LogP contribution in [-0.2, 0) is 5.88 Å². The van der Waals surface area contributed by atoms with Crippen LogP contribution in [0.1, 0.15) is 38.3 Å². The van der Waals surface area contributed by atoms with Crippen LogP contribution in [0.4, 0.5) is 5.82 Å². The average molecular weight is 241 g/mol. The van der Waals surface area contributed by atoms with E-state index >= 15 is 0 Å². The van der Waals surface area contributed by atoms with Crippen LogP contribution >= 0.6 is 11.6 Å². The van der Waals surface area contributed by atoms with E-state index in [1.165, 1.54) is 5.56 Å². The minimum Gasteiger partial charge on any atom is -0.354 e. The van der Waals surface area contributed by atoms with Crippen LogP contribution in [0.2, 0.25) is 0 Å². The summed E-state index contributed by atoms with van der Waals surface area (Å²) in [5.41, 5.74) is 2.29. The van der Waals surface area contributed by atoms with Crippen molar-refractivity contribution >= 4 is 17.4 Å². The molecule has 0 unspecified atom stereocenters. The maximum absolute atomic E-state index is 5.80. The van der Waals surface area contributed by atoms with Gasteiger partial charge in [-0.15, -0.1) is 11.6 Å². The van der Waals surface area contributed by atoms with Crippen molar-refractivity contribution in [3.63, 3.8) is 0 Å². The molecule has 0 atom stereocenters. The van der Waals surface area contributed by atoms with E-state index in [0.717, 1.165) is 24.3 Å². The summed E-state index contributed by atoms with van der Waals surface area (Å²) in [6, 6.07) is 2.61. The third-order valence-electron chi connectivity index (χ3n) is 2.62. The predicted molar refractivity (Wildman–Crippen MR) is 71.3 cm³/mol. The van der Waals surface area contributed by atoms with Gasteiger partial charge in [-0.2, -0.15) is 0 Å². The van der Waals surface area contributed by atoms with Crippen molar-refractivity contribution in [3.8, 4) is 0 Å². The number of rotatable bonds is 5.